The normalized spacial score (nSPS) is 11.0. The highest BCUT2D eigenvalue weighted by atomic mass is 19.1. The molecule has 5 nitrogen and oxygen atoms in total. The molecule has 2 amide bonds. The van der Waals surface area contributed by atoms with Gasteiger partial charge in [-0.05, 0) is 50.2 Å². The molecule has 0 bridgehead atoms. The molecule has 0 radical (unpaired) electrons. The van der Waals surface area contributed by atoms with Gasteiger partial charge >= 0.3 is 0 Å². The van der Waals surface area contributed by atoms with Gasteiger partial charge in [-0.15, -0.1) is 0 Å². The van der Waals surface area contributed by atoms with Gasteiger partial charge < -0.3 is 15.1 Å². The molecule has 2 aromatic rings. The van der Waals surface area contributed by atoms with Crippen molar-refractivity contribution in [3.8, 4) is 0 Å². The Morgan fingerprint density at radius 2 is 1.82 bits per heavy atom. The van der Waals surface area contributed by atoms with E-state index < -0.39 is 23.0 Å². The molecule has 0 aliphatic rings. The van der Waals surface area contributed by atoms with Crippen LogP contribution in [0.4, 0.5) is 10.1 Å². The molecule has 2 rings (SSSR count). The smallest absolute Gasteiger partial charge is 0.239 e. The number of amides is 2. The van der Waals surface area contributed by atoms with Crippen molar-refractivity contribution in [3.05, 3.63) is 54.2 Å². The summed E-state index contributed by atoms with van der Waals surface area (Å²) in [5.74, 6) is -0.698. The number of hydrogen-bond acceptors (Lipinski definition) is 3. The van der Waals surface area contributed by atoms with Gasteiger partial charge in [-0.1, -0.05) is 0 Å². The largest absolute Gasteiger partial charge is 0.467 e. The Kier molecular flexibility index (Phi) is 4.60. The Balaban J connectivity index is 1.96. The zero-order chi connectivity index (χ0) is 16.2. The third-order valence-corrected chi connectivity index (χ3v) is 3.24. The zero-order valence-electron chi connectivity index (χ0n) is 12.4. The average molecular weight is 304 g/mol. The molecule has 1 aromatic carbocycles. The van der Waals surface area contributed by atoms with Crippen LogP contribution < -0.4 is 10.6 Å². The molecule has 22 heavy (non-hydrogen) atoms. The second kappa shape index (κ2) is 6.43. The first-order valence-corrected chi connectivity index (χ1v) is 6.77. The average Bonchev–Trinajstić information content (AvgIpc) is 3.00. The summed E-state index contributed by atoms with van der Waals surface area (Å²) in [6.07, 6.45) is 1.51. The third-order valence-electron chi connectivity index (χ3n) is 3.24. The van der Waals surface area contributed by atoms with Crippen LogP contribution in [-0.2, 0) is 16.1 Å². The molecule has 2 N–H and O–H groups in total. The topological polar surface area (TPSA) is 71.3 Å². The van der Waals surface area contributed by atoms with Crippen LogP contribution in [0, 0.1) is 11.2 Å². The molecule has 116 valence electrons. The summed E-state index contributed by atoms with van der Waals surface area (Å²) in [6, 6.07) is 8.78. The van der Waals surface area contributed by atoms with Gasteiger partial charge in [0.05, 0.1) is 12.8 Å². The fourth-order valence-electron chi connectivity index (χ4n) is 1.73. The van der Waals surface area contributed by atoms with Gasteiger partial charge in [-0.2, -0.15) is 0 Å². The maximum absolute atomic E-state index is 12.8. The molecule has 0 saturated heterocycles. The summed E-state index contributed by atoms with van der Waals surface area (Å²) in [6.45, 7) is 3.24. The van der Waals surface area contributed by atoms with Gasteiger partial charge in [0.1, 0.15) is 17.0 Å². The maximum atomic E-state index is 12.8. The van der Waals surface area contributed by atoms with Gasteiger partial charge in [0.25, 0.3) is 0 Å². The predicted molar refractivity (Wildman–Crippen MR) is 79.4 cm³/mol. The lowest BCUT2D eigenvalue weighted by Gasteiger charge is -2.22. The molecule has 0 fully saturated rings. The van der Waals surface area contributed by atoms with Crippen LogP contribution in [0.3, 0.4) is 0 Å². The van der Waals surface area contributed by atoms with E-state index in [0.717, 1.165) is 0 Å². The quantitative estimate of drug-likeness (QED) is 0.834. The van der Waals surface area contributed by atoms with E-state index in [1.54, 1.807) is 12.1 Å². The molecule has 0 atom stereocenters. The van der Waals surface area contributed by atoms with E-state index in [-0.39, 0.29) is 6.54 Å². The number of carbonyl (C=O) groups is 2. The van der Waals surface area contributed by atoms with Gasteiger partial charge in [0, 0.05) is 5.69 Å². The first-order valence-electron chi connectivity index (χ1n) is 6.77. The molecule has 6 heteroatoms. The highest BCUT2D eigenvalue weighted by Gasteiger charge is 2.36. The number of rotatable bonds is 5. The van der Waals surface area contributed by atoms with Crippen molar-refractivity contribution in [2.45, 2.75) is 20.4 Å². The Morgan fingerprint density at radius 1 is 1.14 bits per heavy atom. The molecular formula is C16H17FN2O3. The molecule has 1 heterocycles. The van der Waals surface area contributed by atoms with Crippen LogP contribution in [0.15, 0.2) is 47.1 Å². The number of furan rings is 1. The Labute approximate surface area is 127 Å². The van der Waals surface area contributed by atoms with Gasteiger partial charge in [-0.25, -0.2) is 4.39 Å². The Morgan fingerprint density at radius 3 is 2.41 bits per heavy atom. The van der Waals surface area contributed by atoms with Crippen molar-refractivity contribution in [1.29, 1.82) is 0 Å². The second-order valence-electron chi connectivity index (χ2n) is 5.35. The summed E-state index contributed by atoms with van der Waals surface area (Å²) < 4.78 is 17.9. The van der Waals surface area contributed by atoms with Crippen molar-refractivity contribution in [1.82, 2.24) is 5.32 Å². The summed E-state index contributed by atoms with van der Waals surface area (Å²) in [5, 5.41) is 5.24. The van der Waals surface area contributed by atoms with Crippen LogP contribution >= 0.6 is 0 Å². The number of halogens is 1. The molecule has 0 unspecified atom stereocenters. The minimum atomic E-state index is -1.28. The van der Waals surface area contributed by atoms with Crippen LogP contribution in [0.1, 0.15) is 19.6 Å². The predicted octanol–water partition coefficient (Wildman–Crippen LogP) is 2.70. The van der Waals surface area contributed by atoms with Gasteiger partial charge in [0.15, 0.2) is 0 Å². The lowest BCUT2D eigenvalue weighted by atomic mass is 9.91. The first kappa shape index (κ1) is 15.8. The monoisotopic (exact) mass is 304 g/mol. The van der Waals surface area contributed by atoms with E-state index in [9.17, 15) is 14.0 Å². The lowest BCUT2D eigenvalue weighted by Crippen LogP contribution is -2.44. The lowest BCUT2D eigenvalue weighted by molar-refractivity contribution is -0.138. The summed E-state index contributed by atoms with van der Waals surface area (Å²) in [5.41, 5.74) is -0.848. The minimum absolute atomic E-state index is 0.207. The number of benzene rings is 1. The summed E-state index contributed by atoms with van der Waals surface area (Å²) in [4.78, 5) is 24.4. The molecule has 0 spiro atoms. The second-order valence-corrected chi connectivity index (χ2v) is 5.35. The third kappa shape index (κ3) is 3.72. The first-order chi connectivity index (χ1) is 10.4. The SMILES string of the molecule is CC(C)(C(=O)NCc1ccco1)C(=O)Nc1ccc(F)cc1. The number of hydrogen-bond donors (Lipinski definition) is 2. The van der Waals surface area contributed by atoms with Crippen molar-refractivity contribution in [2.75, 3.05) is 5.32 Å². The van der Waals surface area contributed by atoms with E-state index in [4.69, 9.17) is 4.42 Å². The van der Waals surface area contributed by atoms with Crippen LogP contribution in [0.5, 0.6) is 0 Å². The Bertz CT molecular complexity index is 649. The van der Waals surface area contributed by atoms with E-state index in [1.807, 2.05) is 0 Å². The molecule has 0 aliphatic carbocycles. The fourth-order valence-corrected chi connectivity index (χ4v) is 1.73. The van der Waals surface area contributed by atoms with E-state index in [0.29, 0.717) is 11.4 Å². The number of anilines is 1. The van der Waals surface area contributed by atoms with Crippen molar-refractivity contribution in [2.24, 2.45) is 5.41 Å². The number of nitrogens with one attached hydrogen (secondary N) is 2. The standard InChI is InChI=1S/C16H17FN2O3/c1-16(2,14(20)18-10-13-4-3-9-22-13)15(21)19-12-7-5-11(17)6-8-12/h3-9H,10H2,1-2H3,(H,18,20)(H,19,21). The molecule has 0 aliphatic heterocycles. The van der Waals surface area contributed by atoms with Crippen LogP contribution in [-0.4, -0.2) is 11.8 Å². The van der Waals surface area contributed by atoms with Crippen LogP contribution in [0.2, 0.25) is 0 Å². The zero-order valence-corrected chi connectivity index (χ0v) is 12.4. The molecular weight excluding hydrogens is 287 g/mol. The molecule has 0 saturated carbocycles. The van der Waals surface area contributed by atoms with E-state index in [1.165, 1.54) is 44.4 Å². The van der Waals surface area contributed by atoms with Crippen molar-refractivity contribution < 1.29 is 18.4 Å². The highest BCUT2D eigenvalue weighted by Crippen LogP contribution is 2.19. The fraction of sp³-hybridized carbons (Fsp3) is 0.250. The molecule has 1 aromatic heterocycles. The Hall–Kier alpha value is -2.63. The summed E-state index contributed by atoms with van der Waals surface area (Å²) >= 11 is 0. The van der Waals surface area contributed by atoms with E-state index >= 15 is 0 Å². The highest BCUT2D eigenvalue weighted by molar-refractivity contribution is 6.09. The van der Waals surface area contributed by atoms with Gasteiger partial charge in [0.2, 0.25) is 11.8 Å². The van der Waals surface area contributed by atoms with Gasteiger partial charge in [-0.3, -0.25) is 9.59 Å². The summed E-state index contributed by atoms with van der Waals surface area (Å²) in [7, 11) is 0. The van der Waals surface area contributed by atoms with Crippen LogP contribution in [0.25, 0.3) is 0 Å². The van der Waals surface area contributed by atoms with Crippen molar-refractivity contribution in [3.63, 3.8) is 0 Å². The van der Waals surface area contributed by atoms with E-state index in [2.05, 4.69) is 10.6 Å². The maximum Gasteiger partial charge on any atom is 0.239 e. The van der Waals surface area contributed by atoms with Crippen molar-refractivity contribution >= 4 is 17.5 Å². The number of carbonyl (C=O) groups excluding carboxylic acids is 2. The minimum Gasteiger partial charge on any atom is -0.467 e.